The van der Waals surface area contributed by atoms with Gasteiger partial charge in [-0.15, -0.1) is 0 Å². The number of aryl methyl sites for hydroxylation is 1. The van der Waals surface area contributed by atoms with Crippen LogP contribution in [0.25, 0.3) is 0 Å². The molecule has 0 aromatic heterocycles. The third-order valence-electron chi connectivity index (χ3n) is 4.43. The first-order chi connectivity index (χ1) is 12.8. The van der Waals surface area contributed by atoms with Crippen LogP contribution in [0.3, 0.4) is 0 Å². The van der Waals surface area contributed by atoms with Gasteiger partial charge in [0.15, 0.2) is 11.5 Å². The molecule has 0 radical (unpaired) electrons. The summed E-state index contributed by atoms with van der Waals surface area (Å²) in [4.78, 5) is 12.5. The van der Waals surface area contributed by atoms with Crippen LogP contribution in [0.5, 0.6) is 17.2 Å². The molecule has 5 heteroatoms. The number of rotatable bonds is 7. The van der Waals surface area contributed by atoms with Gasteiger partial charge in [-0.3, -0.25) is 4.79 Å². The number of carbonyl (C=O) groups is 1. The van der Waals surface area contributed by atoms with Gasteiger partial charge in [-0.05, 0) is 47.2 Å². The van der Waals surface area contributed by atoms with Crippen LogP contribution in [0.4, 0.5) is 5.69 Å². The first kappa shape index (κ1) is 20.6. The monoisotopic (exact) mass is 371 g/mol. The summed E-state index contributed by atoms with van der Waals surface area (Å²) < 4.78 is 15.9. The molecule has 0 saturated carbocycles. The summed E-state index contributed by atoms with van der Waals surface area (Å²) in [5.41, 5.74) is 2.84. The zero-order chi connectivity index (χ0) is 20.0. The number of ether oxygens (including phenoxy) is 3. The largest absolute Gasteiger partial charge is 0.495 e. The lowest BCUT2D eigenvalue weighted by Gasteiger charge is -2.21. The minimum absolute atomic E-state index is 0.00853. The molecule has 2 aromatic rings. The van der Waals surface area contributed by atoms with Crippen molar-refractivity contribution in [3.05, 3.63) is 47.5 Å². The van der Waals surface area contributed by atoms with Gasteiger partial charge >= 0.3 is 0 Å². The van der Waals surface area contributed by atoms with E-state index in [-0.39, 0.29) is 11.3 Å². The highest BCUT2D eigenvalue weighted by Crippen LogP contribution is 2.32. The van der Waals surface area contributed by atoms with Crippen LogP contribution in [0, 0.1) is 0 Å². The van der Waals surface area contributed by atoms with Crippen LogP contribution in [0.2, 0.25) is 0 Å². The molecule has 0 heterocycles. The summed E-state index contributed by atoms with van der Waals surface area (Å²) in [6, 6.07) is 11.6. The number of carbonyl (C=O) groups excluding carboxylic acids is 1. The van der Waals surface area contributed by atoms with E-state index >= 15 is 0 Å². The molecule has 1 N–H and O–H groups in total. The highest BCUT2D eigenvalue weighted by molar-refractivity contribution is 5.92. The van der Waals surface area contributed by atoms with E-state index in [1.54, 1.807) is 21.3 Å². The molecule has 27 heavy (non-hydrogen) atoms. The Balaban J connectivity index is 2.07. The molecule has 0 aliphatic carbocycles. The Labute approximate surface area is 161 Å². The SMILES string of the molecule is COc1ccc(C(C)(C)C)cc1NC(=O)CCc1ccc(OC)c(OC)c1. The maximum atomic E-state index is 12.5. The average Bonchev–Trinajstić information content (AvgIpc) is 2.65. The number of nitrogens with one attached hydrogen (secondary N) is 1. The molecule has 146 valence electrons. The van der Waals surface area contributed by atoms with Gasteiger partial charge in [0.2, 0.25) is 5.91 Å². The Bertz CT molecular complexity index is 793. The number of hydrogen-bond acceptors (Lipinski definition) is 4. The molecule has 0 atom stereocenters. The Hall–Kier alpha value is -2.69. The van der Waals surface area contributed by atoms with Crippen molar-refractivity contribution < 1.29 is 19.0 Å². The fourth-order valence-electron chi connectivity index (χ4n) is 2.78. The smallest absolute Gasteiger partial charge is 0.224 e. The molecule has 2 rings (SSSR count). The first-order valence-electron chi connectivity index (χ1n) is 8.97. The lowest BCUT2D eigenvalue weighted by atomic mass is 9.87. The van der Waals surface area contributed by atoms with Crippen molar-refractivity contribution in [1.29, 1.82) is 0 Å². The molecule has 1 amide bonds. The minimum Gasteiger partial charge on any atom is -0.495 e. The molecule has 0 aliphatic rings. The molecular formula is C22H29NO4. The van der Waals surface area contributed by atoms with Crippen LogP contribution >= 0.6 is 0 Å². The zero-order valence-electron chi connectivity index (χ0n) is 17.0. The molecule has 0 fully saturated rings. The third kappa shape index (κ3) is 5.39. The summed E-state index contributed by atoms with van der Waals surface area (Å²) >= 11 is 0. The quantitative estimate of drug-likeness (QED) is 0.774. The van der Waals surface area contributed by atoms with Crippen LogP contribution in [-0.4, -0.2) is 27.2 Å². The van der Waals surface area contributed by atoms with E-state index in [0.717, 1.165) is 11.1 Å². The van der Waals surface area contributed by atoms with E-state index < -0.39 is 0 Å². The summed E-state index contributed by atoms with van der Waals surface area (Å²) in [6.07, 6.45) is 0.964. The van der Waals surface area contributed by atoms with E-state index in [9.17, 15) is 4.79 Å². The van der Waals surface area contributed by atoms with Gasteiger partial charge in [-0.25, -0.2) is 0 Å². The fraction of sp³-hybridized carbons (Fsp3) is 0.409. The second-order valence-corrected chi connectivity index (χ2v) is 7.40. The third-order valence-corrected chi connectivity index (χ3v) is 4.43. The lowest BCUT2D eigenvalue weighted by molar-refractivity contribution is -0.116. The normalized spacial score (nSPS) is 11.0. The molecule has 0 bridgehead atoms. The van der Waals surface area contributed by atoms with Gasteiger partial charge in [0, 0.05) is 6.42 Å². The van der Waals surface area contributed by atoms with Crippen LogP contribution in [-0.2, 0) is 16.6 Å². The van der Waals surface area contributed by atoms with Gasteiger partial charge < -0.3 is 19.5 Å². The summed E-state index contributed by atoms with van der Waals surface area (Å²) in [5, 5.41) is 2.98. The number of anilines is 1. The van der Waals surface area contributed by atoms with Gasteiger partial charge in [-0.1, -0.05) is 32.9 Å². The first-order valence-corrected chi connectivity index (χ1v) is 8.97. The van der Waals surface area contributed by atoms with E-state index in [1.807, 2.05) is 36.4 Å². The van der Waals surface area contributed by atoms with Crippen molar-refractivity contribution in [2.45, 2.75) is 39.0 Å². The van der Waals surface area contributed by atoms with Gasteiger partial charge in [0.25, 0.3) is 0 Å². The molecule has 5 nitrogen and oxygen atoms in total. The number of benzene rings is 2. The Morgan fingerprint density at radius 2 is 1.52 bits per heavy atom. The van der Waals surface area contributed by atoms with Crippen LogP contribution < -0.4 is 19.5 Å². The maximum absolute atomic E-state index is 12.5. The molecule has 0 spiro atoms. The number of hydrogen-bond donors (Lipinski definition) is 1. The maximum Gasteiger partial charge on any atom is 0.224 e. The Morgan fingerprint density at radius 3 is 2.11 bits per heavy atom. The topological polar surface area (TPSA) is 56.8 Å². The highest BCUT2D eigenvalue weighted by Gasteiger charge is 2.17. The highest BCUT2D eigenvalue weighted by atomic mass is 16.5. The predicted octanol–water partition coefficient (Wildman–Crippen LogP) is 4.58. The Kier molecular flexibility index (Phi) is 6.72. The van der Waals surface area contributed by atoms with Crippen molar-refractivity contribution in [1.82, 2.24) is 0 Å². The average molecular weight is 371 g/mol. The summed E-state index contributed by atoms with van der Waals surface area (Å²) in [5.74, 6) is 1.93. The van der Waals surface area contributed by atoms with Crippen molar-refractivity contribution in [3.63, 3.8) is 0 Å². The molecule has 0 unspecified atom stereocenters. The lowest BCUT2D eigenvalue weighted by Crippen LogP contribution is -2.15. The van der Waals surface area contributed by atoms with Gasteiger partial charge in [0.05, 0.1) is 27.0 Å². The van der Waals surface area contributed by atoms with E-state index in [1.165, 1.54) is 0 Å². The van der Waals surface area contributed by atoms with Crippen LogP contribution in [0.15, 0.2) is 36.4 Å². The Morgan fingerprint density at radius 1 is 0.889 bits per heavy atom. The fourth-order valence-corrected chi connectivity index (χ4v) is 2.78. The van der Waals surface area contributed by atoms with E-state index in [4.69, 9.17) is 14.2 Å². The molecule has 2 aromatic carbocycles. The second kappa shape index (κ2) is 8.80. The summed E-state index contributed by atoms with van der Waals surface area (Å²) in [6.45, 7) is 6.41. The minimum atomic E-state index is -0.0610. The van der Waals surface area contributed by atoms with Gasteiger partial charge in [0.1, 0.15) is 5.75 Å². The van der Waals surface area contributed by atoms with E-state index in [0.29, 0.717) is 35.8 Å². The van der Waals surface area contributed by atoms with Crippen molar-refractivity contribution in [2.75, 3.05) is 26.6 Å². The van der Waals surface area contributed by atoms with Crippen molar-refractivity contribution in [3.8, 4) is 17.2 Å². The zero-order valence-corrected chi connectivity index (χ0v) is 17.0. The van der Waals surface area contributed by atoms with Gasteiger partial charge in [-0.2, -0.15) is 0 Å². The van der Waals surface area contributed by atoms with E-state index in [2.05, 4.69) is 26.1 Å². The van der Waals surface area contributed by atoms with Crippen molar-refractivity contribution in [2.24, 2.45) is 0 Å². The van der Waals surface area contributed by atoms with Crippen LogP contribution in [0.1, 0.15) is 38.3 Å². The van der Waals surface area contributed by atoms with Crippen molar-refractivity contribution >= 4 is 11.6 Å². The number of methoxy groups -OCH3 is 3. The second-order valence-electron chi connectivity index (χ2n) is 7.40. The predicted molar refractivity (Wildman–Crippen MR) is 108 cm³/mol. The number of amides is 1. The molecular weight excluding hydrogens is 342 g/mol. The summed E-state index contributed by atoms with van der Waals surface area (Å²) in [7, 11) is 4.80. The molecule has 0 saturated heterocycles. The molecule has 0 aliphatic heterocycles. The standard InChI is InChI=1S/C22H29NO4/c1-22(2,3)16-9-11-18(25-4)17(14-16)23-21(24)12-8-15-7-10-19(26-5)20(13-15)27-6/h7,9-11,13-14H,8,12H2,1-6H3,(H,23,24).